The van der Waals surface area contributed by atoms with Crippen LogP contribution in [0, 0.1) is 0 Å². The summed E-state index contributed by atoms with van der Waals surface area (Å²) in [5, 5.41) is 0.514. The van der Waals surface area contributed by atoms with Crippen LogP contribution in [-0.2, 0) is 0 Å². The molecule has 7 nitrogen and oxygen atoms in total. The van der Waals surface area contributed by atoms with Crippen molar-refractivity contribution in [2.24, 2.45) is 0 Å². The van der Waals surface area contributed by atoms with Gasteiger partial charge in [0.1, 0.15) is 23.6 Å². The Kier molecular flexibility index (Phi) is 4.98. The van der Waals surface area contributed by atoms with Gasteiger partial charge in [-0.2, -0.15) is 0 Å². The van der Waals surface area contributed by atoms with Crippen LogP contribution in [0.15, 0.2) is 64.2 Å². The molecule has 1 fully saturated rings. The Bertz CT molecular complexity index is 1240. The Morgan fingerprint density at radius 2 is 1.97 bits per heavy atom. The highest BCUT2D eigenvalue weighted by Crippen LogP contribution is 2.24. The number of ether oxygens (including phenoxy) is 1. The first-order valence-corrected chi connectivity index (χ1v) is 10.2. The van der Waals surface area contributed by atoms with Gasteiger partial charge in [0.25, 0.3) is 0 Å². The van der Waals surface area contributed by atoms with Crippen molar-refractivity contribution in [3.8, 4) is 17.2 Å². The number of benzene rings is 1. The van der Waals surface area contributed by atoms with Crippen LogP contribution in [-0.4, -0.2) is 65.6 Å². The van der Waals surface area contributed by atoms with Crippen LogP contribution in [0.1, 0.15) is 0 Å². The summed E-state index contributed by atoms with van der Waals surface area (Å²) in [7, 11) is 2.15. The summed E-state index contributed by atoms with van der Waals surface area (Å²) in [5.41, 5.74) is 2.05. The van der Waals surface area contributed by atoms with E-state index < -0.39 is 0 Å². The van der Waals surface area contributed by atoms with Crippen molar-refractivity contribution in [1.29, 1.82) is 0 Å². The Morgan fingerprint density at radius 3 is 2.83 bits per heavy atom. The van der Waals surface area contributed by atoms with Gasteiger partial charge in [-0.1, -0.05) is 0 Å². The smallest absolute Gasteiger partial charge is 0.193 e. The van der Waals surface area contributed by atoms with Crippen LogP contribution in [0.3, 0.4) is 0 Å². The van der Waals surface area contributed by atoms with E-state index >= 15 is 0 Å². The SMILES string of the molecule is CN1CCN(CCOc2ccc3oc(-c4cc5cccn5cn4)cc(=O)c3c2)CC1. The average Bonchev–Trinajstić information content (AvgIpc) is 3.23. The van der Waals surface area contributed by atoms with Gasteiger partial charge in [0.2, 0.25) is 0 Å². The quantitative estimate of drug-likeness (QED) is 0.510. The fourth-order valence-corrected chi connectivity index (χ4v) is 3.79. The lowest BCUT2D eigenvalue weighted by Gasteiger charge is -2.32. The first-order valence-electron chi connectivity index (χ1n) is 10.2. The van der Waals surface area contributed by atoms with Gasteiger partial charge in [-0.25, -0.2) is 4.98 Å². The van der Waals surface area contributed by atoms with Crippen molar-refractivity contribution in [2.45, 2.75) is 0 Å². The normalized spacial score (nSPS) is 15.8. The van der Waals surface area contributed by atoms with E-state index in [1.165, 1.54) is 6.07 Å². The molecular weight excluding hydrogens is 380 g/mol. The molecule has 0 unspecified atom stereocenters. The number of likely N-dealkylation sites (N-methyl/N-ethyl adjacent to an activating group) is 1. The van der Waals surface area contributed by atoms with Crippen LogP contribution in [0.2, 0.25) is 0 Å². The van der Waals surface area contributed by atoms with Gasteiger partial charge in [0.05, 0.1) is 11.7 Å². The average molecular weight is 404 g/mol. The molecule has 1 aliphatic rings. The number of aromatic nitrogens is 2. The maximum Gasteiger partial charge on any atom is 0.193 e. The molecule has 5 rings (SSSR count). The second-order valence-corrected chi connectivity index (χ2v) is 7.74. The molecule has 0 atom stereocenters. The molecule has 4 aromatic rings. The predicted octanol–water partition coefficient (Wildman–Crippen LogP) is 2.73. The molecule has 30 heavy (non-hydrogen) atoms. The second-order valence-electron chi connectivity index (χ2n) is 7.74. The van der Waals surface area contributed by atoms with E-state index in [4.69, 9.17) is 9.15 Å². The van der Waals surface area contributed by atoms with Crippen LogP contribution in [0.25, 0.3) is 27.9 Å². The van der Waals surface area contributed by atoms with E-state index in [0.717, 1.165) is 38.2 Å². The van der Waals surface area contributed by atoms with Gasteiger partial charge in [-0.3, -0.25) is 9.69 Å². The molecule has 154 valence electrons. The number of nitrogens with zero attached hydrogens (tertiary/aromatic N) is 4. The maximum atomic E-state index is 12.7. The first kappa shape index (κ1) is 18.8. The summed E-state index contributed by atoms with van der Waals surface area (Å²) in [4.78, 5) is 21.9. The molecule has 0 radical (unpaired) electrons. The van der Waals surface area contributed by atoms with Crippen molar-refractivity contribution >= 4 is 16.5 Å². The fraction of sp³-hybridized carbons (Fsp3) is 0.304. The van der Waals surface area contributed by atoms with Crippen molar-refractivity contribution in [3.63, 3.8) is 0 Å². The van der Waals surface area contributed by atoms with E-state index in [0.29, 0.717) is 34.8 Å². The number of piperazine rings is 1. The van der Waals surface area contributed by atoms with Crippen LogP contribution in [0.5, 0.6) is 5.75 Å². The summed E-state index contributed by atoms with van der Waals surface area (Å²) in [6.45, 7) is 5.78. The molecule has 0 saturated carbocycles. The van der Waals surface area contributed by atoms with Gasteiger partial charge in [-0.15, -0.1) is 0 Å². The molecule has 3 aromatic heterocycles. The molecule has 0 aliphatic carbocycles. The molecular formula is C23H24N4O3. The molecule has 7 heteroatoms. The molecule has 4 heterocycles. The zero-order chi connectivity index (χ0) is 20.5. The monoisotopic (exact) mass is 404 g/mol. The number of hydrogen-bond acceptors (Lipinski definition) is 6. The van der Waals surface area contributed by atoms with Crippen molar-refractivity contribution in [3.05, 3.63) is 65.2 Å². The highest BCUT2D eigenvalue weighted by atomic mass is 16.5. The molecule has 1 aliphatic heterocycles. The maximum absolute atomic E-state index is 12.7. The zero-order valence-corrected chi connectivity index (χ0v) is 17.0. The molecule has 0 amide bonds. The largest absolute Gasteiger partial charge is 0.492 e. The van der Waals surface area contributed by atoms with E-state index in [1.807, 2.05) is 34.9 Å². The lowest BCUT2D eigenvalue weighted by atomic mass is 10.2. The van der Waals surface area contributed by atoms with Gasteiger partial charge in [0, 0.05) is 50.5 Å². The zero-order valence-electron chi connectivity index (χ0n) is 17.0. The second kappa shape index (κ2) is 7.93. The third kappa shape index (κ3) is 3.81. The highest BCUT2D eigenvalue weighted by molar-refractivity contribution is 5.80. The lowest BCUT2D eigenvalue weighted by Crippen LogP contribution is -2.45. The molecule has 0 spiro atoms. The van der Waals surface area contributed by atoms with Gasteiger partial charge in [-0.05, 0) is 43.4 Å². The number of fused-ring (bicyclic) bond motifs is 2. The van der Waals surface area contributed by atoms with Crippen LogP contribution in [0.4, 0.5) is 0 Å². The topological polar surface area (TPSA) is 63.2 Å². The summed E-state index contributed by atoms with van der Waals surface area (Å²) >= 11 is 0. The van der Waals surface area contributed by atoms with Crippen molar-refractivity contribution < 1.29 is 9.15 Å². The predicted molar refractivity (Wildman–Crippen MR) is 116 cm³/mol. The van der Waals surface area contributed by atoms with Gasteiger partial charge >= 0.3 is 0 Å². The van der Waals surface area contributed by atoms with E-state index in [1.54, 1.807) is 18.5 Å². The number of rotatable bonds is 5. The van der Waals surface area contributed by atoms with E-state index in [2.05, 4.69) is 21.8 Å². The minimum absolute atomic E-state index is 0.104. The van der Waals surface area contributed by atoms with Gasteiger partial charge in [0.15, 0.2) is 11.2 Å². The summed E-state index contributed by atoms with van der Waals surface area (Å²) in [6.07, 6.45) is 3.64. The fourth-order valence-electron chi connectivity index (χ4n) is 3.79. The van der Waals surface area contributed by atoms with Crippen molar-refractivity contribution in [1.82, 2.24) is 19.2 Å². The molecule has 1 aromatic carbocycles. The Hall–Kier alpha value is -3.16. The number of hydrogen-bond donors (Lipinski definition) is 0. The summed E-state index contributed by atoms with van der Waals surface area (Å²) < 4.78 is 13.8. The standard InChI is InChI=1S/C23H24N4O3/c1-25-7-9-26(10-8-25)11-12-29-18-4-5-22-19(14-18)21(28)15-23(30-22)20-13-17-3-2-6-27(17)16-24-20/h2-6,13-16H,7-12H2,1H3. The molecule has 1 saturated heterocycles. The molecule has 0 bridgehead atoms. The van der Waals surface area contributed by atoms with Crippen LogP contribution < -0.4 is 10.2 Å². The third-order valence-electron chi connectivity index (χ3n) is 5.64. The van der Waals surface area contributed by atoms with E-state index in [9.17, 15) is 4.79 Å². The Balaban J connectivity index is 1.33. The summed E-state index contributed by atoms with van der Waals surface area (Å²) in [5.74, 6) is 1.14. The lowest BCUT2D eigenvalue weighted by molar-refractivity contribution is 0.134. The summed E-state index contributed by atoms with van der Waals surface area (Å²) in [6, 6.07) is 12.7. The molecule has 0 N–H and O–H groups in total. The first-order chi connectivity index (χ1) is 14.7. The van der Waals surface area contributed by atoms with Crippen LogP contribution >= 0.6 is 0 Å². The Morgan fingerprint density at radius 1 is 1.10 bits per heavy atom. The Labute approximate surface area is 174 Å². The highest BCUT2D eigenvalue weighted by Gasteiger charge is 2.14. The van der Waals surface area contributed by atoms with E-state index in [-0.39, 0.29) is 5.43 Å². The third-order valence-corrected chi connectivity index (χ3v) is 5.64. The van der Waals surface area contributed by atoms with Gasteiger partial charge < -0.3 is 18.5 Å². The minimum Gasteiger partial charge on any atom is -0.492 e. The minimum atomic E-state index is -0.104. The van der Waals surface area contributed by atoms with Crippen molar-refractivity contribution in [2.75, 3.05) is 46.4 Å².